The van der Waals surface area contributed by atoms with Crippen LogP contribution in [-0.4, -0.2) is 59.5 Å². The molecule has 1 aliphatic carbocycles. The highest BCUT2D eigenvalue weighted by atomic mass is 32.1. The number of H-pyrrole nitrogens is 1. The molecule has 2 N–H and O–H groups in total. The maximum atomic E-state index is 12.9. The van der Waals surface area contributed by atoms with Crippen LogP contribution in [0.15, 0.2) is 35.1 Å². The fourth-order valence-corrected chi connectivity index (χ4v) is 5.81. The molecule has 0 radical (unpaired) electrons. The van der Waals surface area contributed by atoms with Gasteiger partial charge in [-0.2, -0.15) is 0 Å². The van der Waals surface area contributed by atoms with E-state index in [4.69, 9.17) is 14.5 Å². The largest absolute Gasteiger partial charge is 0.491 e. The summed E-state index contributed by atoms with van der Waals surface area (Å²) in [4.78, 5) is 25.0. The van der Waals surface area contributed by atoms with Crippen LogP contribution in [0.4, 0.5) is 0 Å². The lowest BCUT2D eigenvalue weighted by Gasteiger charge is -2.24. The Morgan fingerprint density at radius 1 is 1.33 bits per heavy atom. The Bertz CT molecular complexity index is 1100. The van der Waals surface area contributed by atoms with Crippen LogP contribution in [0.25, 0.3) is 10.2 Å². The highest BCUT2D eigenvalue weighted by molar-refractivity contribution is 7.18. The van der Waals surface area contributed by atoms with Crippen molar-refractivity contribution in [3.63, 3.8) is 0 Å². The lowest BCUT2D eigenvalue weighted by atomic mass is 9.89. The van der Waals surface area contributed by atoms with Crippen molar-refractivity contribution < 1.29 is 14.6 Å². The van der Waals surface area contributed by atoms with Gasteiger partial charge in [0.2, 0.25) is 0 Å². The van der Waals surface area contributed by atoms with Crippen LogP contribution in [0.2, 0.25) is 0 Å². The molecule has 1 aromatic carbocycles. The van der Waals surface area contributed by atoms with Crippen LogP contribution in [-0.2, 0) is 24.1 Å². The van der Waals surface area contributed by atoms with E-state index in [1.807, 2.05) is 30.3 Å². The van der Waals surface area contributed by atoms with Gasteiger partial charge in [-0.25, -0.2) is 4.98 Å². The molecule has 0 amide bonds. The molecule has 4 rings (SSSR count). The summed E-state index contributed by atoms with van der Waals surface area (Å²) in [5, 5.41) is 11.4. The number of aliphatic hydroxyl groups excluding tert-OH is 1. The predicted molar refractivity (Wildman–Crippen MR) is 131 cm³/mol. The number of fused-ring (bicyclic) bond motifs is 3. The van der Waals surface area contributed by atoms with E-state index in [2.05, 4.69) is 16.8 Å². The molecular formula is C25H33N3O4S. The van der Waals surface area contributed by atoms with Crippen LogP contribution >= 0.6 is 11.3 Å². The van der Waals surface area contributed by atoms with Gasteiger partial charge >= 0.3 is 0 Å². The van der Waals surface area contributed by atoms with E-state index < -0.39 is 6.10 Å². The number of aromatic amines is 1. The number of aryl methyl sites for hydroxylation is 1. The van der Waals surface area contributed by atoms with E-state index in [1.54, 1.807) is 18.4 Å². The Hall–Kier alpha value is -2.26. The standard InChI is InChI=1S/C25H33N3O4S/c1-17-9-10-20-21(13-17)33-25-23(20)24(30)26-22(27-25)15-28(11-6-12-31-2)14-18(29)16-32-19-7-4-3-5-8-19/h3-5,7-8,17-18,29H,6,9-16H2,1-2H3,(H,26,27,30)/t17-,18-/m1/s1. The van der Waals surface area contributed by atoms with Gasteiger partial charge in [-0.3, -0.25) is 9.69 Å². The van der Waals surface area contributed by atoms with Crippen LogP contribution in [0.5, 0.6) is 5.75 Å². The van der Waals surface area contributed by atoms with Crippen LogP contribution in [0.1, 0.15) is 36.0 Å². The van der Waals surface area contributed by atoms with Gasteiger partial charge in [0, 0.05) is 31.7 Å². The third kappa shape index (κ3) is 6.20. The Morgan fingerprint density at radius 3 is 2.94 bits per heavy atom. The van der Waals surface area contributed by atoms with Crippen LogP contribution < -0.4 is 10.3 Å². The maximum Gasteiger partial charge on any atom is 0.259 e. The van der Waals surface area contributed by atoms with E-state index >= 15 is 0 Å². The van der Waals surface area contributed by atoms with Gasteiger partial charge in [-0.1, -0.05) is 25.1 Å². The first-order chi connectivity index (χ1) is 16.0. The zero-order valence-electron chi connectivity index (χ0n) is 19.4. The number of hydrogen-bond donors (Lipinski definition) is 2. The van der Waals surface area contributed by atoms with E-state index in [9.17, 15) is 9.90 Å². The van der Waals surface area contributed by atoms with Crippen molar-refractivity contribution >= 4 is 21.6 Å². The van der Waals surface area contributed by atoms with Crippen molar-refractivity contribution in [1.82, 2.24) is 14.9 Å². The van der Waals surface area contributed by atoms with Gasteiger partial charge in [-0.15, -0.1) is 11.3 Å². The number of nitrogens with one attached hydrogen (secondary N) is 1. The second kappa shape index (κ2) is 11.2. The topological polar surface area (TPSA) is 87.7 Å². The summed E-state index contributed by atoms with van der Waals surface area (Å²) in [5.41, 5.74) is 1.14. The van der Waals surface area contributed by atoms with Crippen molar-refractivity contribution in [3.8, 4) is 5.75 Å². The first-order valence-electron chi connectivity index (χ1n) is 11.6. The second-order valence-electron chi connectivity index (χ2n) is 8.90. The average molecular weight is 472 g/mol. The Labute approximate surface area is 198 Å². The average Bonchev–Trinajstić information content (AvgIpc) is 3.16. The number of methoxy groups -OCH3 is 1. The zero-order valence-corrected chi connectivity index (χ0v) is 20.2. The number of ether oxygens (including phenoxy) is 2. The van der Waals surface area contributed by atoms with Crippen LogP contribution in [0, 0.1) is 5.92 Å². The molecule has 0 saturated carbocycles. The molecule has 7 nitrogen and oxygen atoms in total. The summed E-state index contributed by atoms with van der Waals surface area (Å²) in [7, 11) is 1.68. The van der Waals surface area contributed by atoms with E-state index in [0.29, 0.717) is 31.4 Å². The summed E-state index contributed by atoms with van der Waals surface area (Å²) in [6.45, 7) is 4.68. The third-order valence-electron chi connectivity index (χ3n) is 6.07. The lowest BCUT2D eigenvalue weighted by Crippen LogP contribution is -2.37. The SMILES string of the molecule is COCCCN(Cc1nc2sc3c(c2c(=O)[nH]1)CC[C@@H](C)C3)C[C@@H](O)COc1ccccc1. The normalized spacial score (nSPS) is 16.8. The van der Waals surface area contributed by atoms with Crippen molar-refractivity contribution in [2.75, 3.05) is 33.4 Å². The Balaban J connectivity index is 1.46. The number of hydrogen-bond acceptors (Lipinski definition) is 7. The number of thiophene rings is 1. The Kier molecular flexibility index (Phi) is 8.14. The molecule has 2 atom stereocenters. The number of rotatable bonds is 11. The smallest absolute Gasteiger partial charge is 0.259 e. The van der Waals surface area contributed by atoms with Gasteiger partial charge in [0.15, 0.2) is 0 Å². The van der Waals surface area contributed by atoms with Gasteiger partial charge in [0.1, 0.15) is 29.1 Å². The number of aromatic nitrogens is 2. The van der Waals surface area contributed by atoms with Gasteiger partial charge < -0.3 is 19.6 Å². The summed E-state index contributed by atoms with van der Waals surface area (Å²) < 4.78 is 10.9. The van der Waals surface area contributed by atoms with Gasteiger partial charge in [-0.05, 0) is 49.3 Å². The molecule has 8 heteroatoms. The molecular weight excluding hydrogens is 438 g/mol. The van der Waals surface area contributed by atoms with Crippen molar-refractivity contribution in [3.05, 3.63) is 57.0 Å². The van der Waals surface area contributed by atoms with Crippen molar-refractivity contribution in [2.24, 2.45) is 5.92 Å². The van der Waals surface area contributed by atoms with Gasteiger partial charge in [0.05, 0.1) is 11.9 Å². The van der Waals surface area contributed by atoms with Crippen molar-refractivity contribution in [2.45, 2.75) is 45.3 Å². The molecule has 2 heterocycles. The minimum atomic E-state index is -0.668. The number of nitrogens with zero attached hydrogens (tertiary/aromatic N) is 2. The Morgan fingerprint density at radius 2 is 2.15 bits per heavy atom. The minimum absolute atomic E-state index is 0.0492. The minimum Gasteiger partial charge on any atom is -0.491 e. The molecule has 0 unspecified atom stereocenters. The fourth-order valence-electron chi connectivity index (χ4n) is 4.41. The molecule has 178 valence electrons. The monoisotopic (exact) mass is 471 g/mol. The van der Waals surface area contributed by atoms with E-state index in [-0.39, 0.29) is 12.2 Å². The first-order valence-corrected chi connectivity index (χ1v) is 12.5. The summed E-state index contributed by atoms with van der Waals surface area (Å²) in [6.07, 6.45) is 3.26. The molecule has 1 aliphatic rings. The molecule has 2 aromatic heterocycles. The van der Waals surface area contributed by atoms with E-state index in [1.165, 1.54) is 10.4 Å². The molecule has 0 bridgehead atoms. The third-order valence-corrected chi connectivity index (χ3v) is 7.21. The van der Waals surface area contributed by atoms with Crippen molar-refractivity contribution in [1.29, 1.82) is 0 Å². The summed E-state index contributed by atoms with van der Waals surface area (Å²) in [6, 6.07) is 9.47. The molecule has 33 heavy (non-hydrogen) atoms. The molecule has 0 spiro atoms. The molecule has 0 saturated heterocycles. The van der Waals surface area contributed by atoms with Crippen LogP contribution in [0.3, 0.4) is 0 Å². The van der Waals surface area contributed by atoms with Gasteiger partial charge in [0.25, 0.3) is 5.56 Å². The number of benzene rings is 1. The highest BCUT2D eigenvalue weighted by Crippen LogP contribution is 2.35. The molecule has 0 aliphatic heterocycles. The highest BCUT2D eigenvalue weighted by Gasteiger charge is 2.23. The zero-order chi connectivity index (χ0) is 23.2. The fraction of sp³-hybridized carbons (Fsp3) is 0.520. The number of aliphatic hydroxyl groups is 1. The summed E-state index contributed by atoms with van der Waals surface area (Å²) in [5.74, 6) is 2.02. The predicted octanol–water partition coefficient (Wildman–Crippen LogP) is 3.39. The molecule has 0 fully saturated rings. The number of para-hydroxylation sites is 1. The van der Waals surface area contributed by atoms with E-state index in [0.717, 1.165) is 48.2 Å². The molecule has 3 aromatic rings. The first kappa shape index (κ1) is 23.9. The maximum absolute atomic E-state index is 12.9. The second-order valence-corrected chi connectivity index (χ2v) is 9.99. The lowest BCUT2D eigenvalue weighted by molar-refractivity contribution is 0.0609. The summed E-state index contributed by atoms with van der Waals surface area (Å²) >= 11 is 1.66. The quantitative estimate of drug-likeness (QED) is 0.417.